The van der Waals surface area contributed by atoms with Gasteiger partial charge in [0.05, 0.1) is 19.4 Å². The Kier molecular flexibility index (Phi) is 7.21. The number of alkyl carbamates (subject to hydrolysis) is 1. The number of carbonyl (C=O) groups excluding carboxylic acids is 2. The van der Waals surface area contributed by atoms with E-state index in [0.29, 0.717) is 25.3 Å². The van der Waals surface area contributed by atoms with Gasteiger partial charge >= 0.3 is 6.09 Å². The van der Waals surface area contributed by atoms with Crippen molar-refractivity contribution in [2.75, 3.05) is 13.7 Å². The fourth-order valence-electron chi connectivity index (χ4n) is 2.87. The van der Waals surface area contributed by atoms with E-state index in [2.05, 4.69) is 15.0 Å². The number of hydrogen-bond donors (Lipinski definition) is 1. The maximum Gasteiger partial charge on any atom is 0.413 e. The average Bonchev–Trinajstić information content (AvgIpc) is 3.14. The molecule has 1 N–H and O–H groups in total. The Labute approximate surface area is 175 Å². The van der Waals surface area contributed by atoms with Gasteiger partial charge in [-0.1, -0.05) is 30.3 Å². The molecule has 3 aromatic rings. The predicted molar refractivity (Wildman–Crippen MR) is 111 cm³/mol. The molecule has 2 aromatic carbocycles. The van der Waals surface area contributed by atoms with Crippen molar-refractivity contribution in [2.45, 2.75) is 26.2 Å². The lowest BCUT2D eigenvalue weighted by molar-refractivity contribution is -0.120. The van der Waals surface area contributed by atoms with Gasteiger partial charge in [-0.05, 0) is 43.2 Å². The van der Waals surface area contributed by atoms with Crippen molar-refractivity contribution in [1.29, 1.82) is 0 Å². The molecule has 0 saturated heterocycles. The SMILES string of the molecule is COC(=O)NC(=O)CCc1ccc(OCCc2nc(-c3ccccc3)oc2C)cc1. The lowest BCUT2D eigenvalue weighted by Gasteiger charge is -2.07. The molecule has 0 aliphatic heterocycles. The van der Waals surface area contributed by atoms with E-state index in [1.165, 1.54) is 7.11 Å². The number of methoxy groups -OCH3 is 1. The highest BCUT2D eigenvalue weighted by atomic mass is 16.5. The molecule has 0 saturated carbocycles. The largest absolute Gasteiger partial charge is 0.493 e. The fourth-order valence-corrected chi connectivity index (χ4v) is 2.87. The molecule has 7 nitrogen and oxygen atoms in total. The number of nitrogens with zero attached hydrogens (tertiary/aromatic N) is 1. The van der Waals surface area contributed by atoms with Crippen LogP contribution in [0.15, 0.2) is 59.0 Å². The van der Waals surface area contributed by atoms with E-state index in [9.17, 15) is 9.59 Å². The van der Waals surface area contributed by atoms with E-state index >= 15 is 0 Å². The highest BCUT2D eigenvalue weighted by molar-refractivity contribution is 5.91. The molecule has 7 heteroatoms. The van der Waals surface area contributed by atoms with Crippen molar-refractivity contribution in [1.82, 2.24) is 10.3 Å². The lowest BCUT2D eigenvalue weighted by Crippen LogP contribution is -2.30. The van der Waals surface area contributed by atoms with Crippen LogP contribution in [0.4, 0.5) is 4.79 Å². The molecule has 0 bridgehead atoms. The molecule has 0 fully saturated rings. The second-order valence-electron chi connectivity index (χ2n) is 6.67. The Balaban J connectivity index is 1.46. The zero-order valence-electron chi connectivity index (χ0n) is 17.0. The number of aryl methyl sites for hydroxylation is 2. The van der Waals surface area contributed by atoms with Crippen LogP contribution in [0.1, 0.15) is 23.4 Å². The second-order valence-corrected chi connectivity index (χ2v) is 6.67. The molecule has 0 atom stereocenters. The summed E-state index contributed by atoms with van der Waals surface area (Å²) in [4.78, 5) is 27.2. The first-order valence-electron chi connectivity index (χ1n) is 9.66. The first kappa shape index (κ1) is 21.1. The van der Waals surface area contributed by atoms with Gasteiger partial charge in [0.15, 0.2) is 0 Å². The number of rotatable bonds is 8. The number of ether oxygens (including phenoxy) is 2. The average molecular weight is 408 g/mol. The van der Waals surface area contributed by atoms with E-state index in [-0.39, 0.29) is 12.3 Å². The van der Waals surface area contributed by atoms with Crippen LogP contribution in [-0.2, 0) is 22.4 Å². The molecular weight excluding hydrogens is 384 g/mol. The van der Waals surface area contributed by atoms with E-state index in [1.807, 2.05) is 61.5 Å². The third-order valence-corrected chi connectivity index (χ3v) is 4.51. The minimum atomic E-state index is -0.748. The standard InChI is InChI=1S/C23H24N2O5/c1-16-20(24-22(30-16)18-6-4-3-5-7-18)14-15-29-19-11-8-17(9-12-19)10-13-21(26)25-23(27)28-2/h3-9,11-12H,10,13-15H2,1-2H3,(H,25,26,27). The minimum absolute atomic E-state index is 0.199. The number of nitrogens with one attached hydrogen (secondary N) is 1. The highest BCUT2D eigenvalue weighted by Gasteiger charge is 2.11. The topological polar surface area (TPSA) is 90.7 Å². The summed E-state index contributed by atoms with van der Waals surface area (Å²) in [5.74, 6) is 1.77. The molecule has 0 spiro atoms. The van der Waals surface area contributed by atoms with Gasteiger partial charge in [-0.15, -0.1) is 0 Å². The van der Waals surface area contributed by atoms with Gasteiger partial charge in [-0.2, -0.15) is 0 Å². The van der Waals surface area contributed by atoms with Gasteiger partial charge in [0.1, 0.15) is 11.5 Å². The number of oxazole rings is 1. The molecule has 3 rings (SSSR count). The monoisotopic (exact) mass is 408 g/mol. The zero-order valence-corrected chi connectivity index (χ0v) is 17.0. The van der Waals surface area contributed by atoms with Crippen molar-refractivity contribution < 1.29 is 23.5 Å². The quantitative estimate of drug-likeness (QED) is 0.604. The molecule has 0 unspecified atom stereocenters. The van der Waals surface area contributed by atoms with E-state index in [1.54, 1.807) is 0 Å². The summed E-state index contributed by atoms with van der Waals surface area (Å²) in [7, 11) is 1.22. The number of hydrogen-bond acceptors (Lipinski definition) is 6. The lowest BCUT2D eigenvalue weighted by atomic mass is 10.1. The van der Waals surface area contributed by atoms with Crippen LogP contribution in [-0.4, -0.2) is 30.7 Å². The van der Waals surface area contributed by atoms with Crippen molar-refractivity contribution >= 4 is 12.0 Å². The molecule has 156 valence electrons. The Morgan fingerprint density at radius 3 is 2.47 bits per heavy atom. The third kappa shape index (κ3) is 5.94. The summed E-state index contributed by atoms with van der Waals surface area (Å²) in [5, 5.41) is 2.13. The number of imide groups is 1. The Morgan fingerprint density at radius 1 is 1.03 bits per heavy atom. The molecule has 0 aliphatic carbocycles. The zero-order chi connectivity index (χ0) is 21.3. The summed E-state index contributed by atoms with van der Waals surface area (Å²) in [6, 6.07) is 17.3. The van der Waals surface area contributed by atoms with Crippen molar-refractivity contribution in [3.05, 3.63) is 71.6 Å². The maximum absolute atomic E-state index is 11.6. The molecule has 0 radical (unpaired) electrons. The minimum Gasteiger partial charge on any atom is -0.493 e. The molecule has 1 aromatic heterocycles. The van der Waals surface area contributed by atoms with E-state index in [0.717, 1.165) is 28.3 Å². The van der Waals surface area contributed by atoms with Crippen LogP contribution >= 0.6 is 0 Å². The molecule has 1 heterocycles. The van der Waals surface area contributed by atoms with Gasteiger partial charge in [0.25, 0.3) is 0 Å². The smallest absolute Gasteiger partial charge is 0.413 e. The predicted octanol–water partition coefficient (Wildman–Crippen LogP) is 4.09. The second kappa shape index (κ2) is 10.2. The first-order chi connectivity index (χ1) is 14.5. The summed E-state index contributed by atoms with van der Waals surface area (Å²) < 4.78 is 16.0. The van der Waals surface area contributed by atoms with E-state index < -0.39 is 6.09 Å². The Morgan fingerprint density at radius 2 is 1.77 bits per heavy atom. The van der Waals surface area contributed by atoms with Gasteiger partial charge < -0.3 is 13.9 Å². The number of benzene rings is 2. The van der Waals surface area contributed by atoms with Crippen molar-refractivity contribution in [3.8, 4) is 17.2 Å². The van der Waals surface area contributed by atoms with Crippen LogP contribution in [0.5, 0.6) is 5.75 Å². The molecular formula is C23H24N2O5. The maximum atomic E-state index is 11.6. The molecule has 2 amide bonds. The van der Waals surface area contributed by atoms with Crippen LogP contribution in [0, 0.1) is 6.92 Å². The normalized spacial score (nSPS) is 10.5. The molecule has 0 aliphatic rings. The fraction of sp³-hybridized carbons (Fsp3) is 0.261. The summed E-state index contributed by atoms with van der Waals surface area (Å²) in [6.07, 6.45) is 0.605. The number of carbonyl (C=O) groups is 2. The Bertz CT molecular complexity index is 981. The van der Waals surface area contributed by atoms with Crippen LogP contribution in [0.3, 0.4) is 0 Å². The van der Waals surface area contributed by atoms with Crippen LogP contribution < -0.4 is 10.1 Å². The van der Waals surface area contributed by atoms with Gasteiger partial charge in [-0.25, -0.2) is 9.78 Å². The van der Waals surface area contributed by atoms with Crippen LogP contribution in [0.25, 0.3) is 11.5 Å². The van der Waals surface area contributed by atoms with Gasteiger partial charge in [-0.3, -0.25) is 10.1 Å². The Hall–Kier alpha value is -3.61. The number of amides is 2. The number of aromatic nitrogens is 1. The summed E-state index contributed by atoms with van der Waals surface area (Å²) in [6.45, 7) is 2.38. The summed E-state index contributed by atoms with van der Waals surface area (Å²) >= 11 is 0. The molecule has 30 heavy (non-hydrogen) atoms. The van der Waals surface area contributed by atoms with Gasteiger partial charge in [0.2, 0.25) is 11.8 Å². The van der Waals surface area contributed by atoms with Crippen molar-refractivity contribution in [3.63, 3.8) is 0 Å². The summed E-state index contributed by atoms with van der Waals surface area (Å²) in [5.41, 5.74) is 2.80. The van der Waals surface area contributed by atoms with Crippen molar-refractivity contribution in [2.24, 2.45) is 0 Å². The third-order valence-electron chi connectivity index (χ3n) is 4.51. The van der Waals surface area contributed by atoms with Crippen LogP contribution in [0.2, 0.25) is 0 Å². The first-order valence-corrected chi connectivity index (χ1v) is 9.66. The van der Waals surface area contributed by atoms with Gasteiger partial charge in [0, 0.05) is 18.4 Å². The highest BCUT2D eigenvalue weighted by Crippen LogP contribution is 2.22. The van der Waals surface area contributed by atoms with E-state index in [4.69, 9.17) is 9.15 Å².